The number of hydrogen-bond donors (Lipinski definition) is 3. The average molecular weight is 551 g/mol. The van der Waals surface area contributed by atoms with Gasteiger partial charge in [-0.05, 0) is 25.1 Å². The number of hydrogen-bond acceptors (Lipinski definition) is 8. The number of aliphatic hydroxyl groups is 1. The van der Waals surface area contributed by atoms with Crippen molar-refractivity contribution in [1.82, 2.24) is 24.5 Å². The first-order valence-electron chi connectivity index (χ1n) is 11.2. The lowest BCUT2D eigenvalue weighted by atomic mass is 9.99. The Hall–Kier alpha value is -2.79. The highest BCUT2D eigenvalue weighted by atomic mass is 32.2. The Bertz CT molecular complexity index is 1300. The number of sulfonamides is 1. The van der Waals surface area contributed by atoms with E-state index in [-0.39, 0.29) is 37.1 Å². The van der Waals surface area contributed by atoms with Crippen LogP contribution in [0.4, 0.5) is 23.2 Å². The second-order valence-corrected chi connectivity index (χ2v) is 10.9. The summed E-state index contributed by atoms with van der Waals surface area (Å²) in [5, 5.41) is 18.9. The van der Waals surface area contributed by atoms with Crippen molar-refractivity contribution in [2.75, 3.05) is 25.2 Å². The van der Waals surface area contributed by atoms with Gasteiger partial charge in [0.15, 0.2) is 6.35 Å². The van der Waals surface area contributed by atoms with Gasteiger partial charge >= 0.3 is 6.18 Å². The van der Waals surface area contributed by atoms with Crippen LogP contribution < -0.4 is 10.0 Å². The zero-order valence-electron chi connectivity index (χ0n) is 20.1. The number of aromatic nitrogens is 2. The van der Waals surface area contributed by atoms with Crippen molar-refractivity contribution >= 4 is 21.6 Å². The Kier molecular flexibility index (Phi) is 7.24. The third-order valence-electron chi connectivity index (χ3n) is 6.16. The topological polar surface area (TPSA) is 129 Å². The minimum atomic E-state index is -4.90. The maximum absolute atomic E-state index is 13.6. The number of fused-ring (bicyclic) bond motifs is 3. The van der Waals surface area contributed by atoms with E-state index in [1.807, 2.05) is 0 Å². The normalized spacial score (nSPS) is 21.8. The second-order valence-electron chi connectivity index (χ2n) is 9.04. The van der Waals surface area contributed by atoms with Crippen molar-refractivity contribution in [1.29, 1.82) is 0 Å². The number of alkyl halides is 3. The van der Waals surface area contributed by atoms with Crippen LogP contribution in [-0.4, -0.2) is 77.5 Å². The van der Waals surface area contributed by atoms with Gasteiger partial charge in [0.05, 0.1) is 24.1 Å². The van der Waals surface area contributed by atoms with Gasteiger partial charge in [-0.2, -0.15) is 18.3 Å². The summed E-state index contributed by atoms with van der Waals surface area (Å²) in [6.07, 6.45) is -5.78. The van der Waals surface area contributed by atoms with Gasteiger partial charge in [-0.25, -0.2) is 22.6 Å². The fourth-order valence-electron chi connectivity index (χ4n) is 4.37. The van der Waals surface area contributed by atoms with Gasteiger partial charge in [0.1, 0.15) is 17.6 Å². The van der Waals surface area contributed by atoms with Crippen molar-refractivity contribution in [3.63, 3.8) is 0 Å². The molecule has 4 rings (SSSR count). The molecule has 1 aromatic heterocycles. The molecule has 0 aliphatic carbocycles. The first-order chi connectivity index (χ1) is 17.1. The average Bonchev–Trinajstić information content (AvgIpc) is 3.06. The van der Waals surface area contributed by atoms with Gasteiger partial charge in [0, 0.05) is 43.9 Å². The van der Waals surface area contributed by atoms with E-state index >= 15 is 0 Å². The van der Waals surface area contributed by atoms with Crippen molar-refractivity contribution in [2.45, 2.75) is 51.1 Å². The lowest BCUT2D eigenvalue weighted by Crippen LogP contribution is -2.49. The number of carbonyl (C=O) groups is 1. The lowest BCUT2D eigenvalue weighted by Gasteiger charge is -2.37. The zero-order valence-corrected chi connectivity index (χ0v) is 20.9. The predicted octanol–water partition coefficient (Wildman–Crippen LogP) is 1.11. The lowest BCUT2D eigenvalue weighted by molar-refractivity contribution is -0.145. The number of nitrogens with zero attached hydrogens (tertiary/aromatic N) is 4. The van der Waals surface area contributed by atoms with Gasteiger partial charge in [0.2, 0.25) is 10.0 Å². The molecule has 3 atom stereocenters. The van der Waals surface area contributed by atoms with E-state index in [0.29, 0.717) is 29.8 Å². The summed E-state index contributed by atoms with van der Waals surface area (Å²) < 4.78 is 79.6. The molecule has 2 aliphatic heterocycles. The third kappa shape index (κ3) is 5.87. The summed E-state index contributed by atoms with van der Waals surface area (Å²) in [6, 6.07) is 1.99. The van der Waals surface area contributed by atoms with E-state index in [4.69, 9.17) is 4.84 Å². The van der Waals surface area contributed by atoms with Crippen LogP contribution in [0.1, 0.15) is 34.2 Å². The molecule has 3 heterocycles. The van der Waals surface area contributed by atoms with Crippen LogP contribution in [0.25, 0.3) is 0 Å². The summed E-state index contributed by atoms with van der Waals surface area (Å²) in [5.41, 5.74) is -0.297. The maximum atomic E-state index is 13.6. The summed E-state index contributed by atoms with van der Waals surface area (Å²) >= 11 is 0. The van der Waals surface area contributed by atoms with Gasteiger partial charge < -0.3 is 10.4 Å². The molecule has 0 fully saturated rings. The van der Waals surface area contributed by atoms with E-state index in [9.17, 15) is 35.9 Å². The molecule has 3 unspecified atom stereocenters. The van der Waals surface area contributed by atoms with Gasteiger partial charge in [-0.15, -0.1) is 0 Å². The monoisotopic (exact) mass is 550 g/mol. The van der Waals surface area contributed by atoms with Crippen LogP contribution in [0.3, 0.4) is 0 Å². The summed E-state index contributed by atoms with van der Waals surface area (Å²) in [7, 11) is -2.11. The maximum Gasteiger partial charge on any atom is 0.419 e. The minimum Gasteiger partial charge on any atom is -0.361 e. The molecule has 0 radical (unpaired) electrons. The van der Waals surface area contributed by atoms with Crippen LogP contribution in [0.2, 0.25) is 0 Å². The Balaban J connectivity index is 1.57. The molecule has 2 aromatic rings. The molecule has 204 valence electrons. The predicted molar refractivity (Wildman–Crippen MR) is 122 cm³/mol. The third-order valence-corrected chi connectivity index (χ3v) is 6.85. The molecular formula is C21H26F4N6O5S. The Morgan fingerprint density at radius 3 is 2.68 bits per heavy atom. The highest BCUT2D eigenvalue weighted by molar-refractivity contribution is 7.88. The number of aliphatic hydroxyl groups excluding tert-OH is 1. The highest BCUT2D eigenvalue weighted by Gasteiger charge is 2.38. The summed E-state index contributed by atoms with van der Waals surface area (Å²) in [4.78, 5) is 20.2. The summed E-state index contributed by atoms with van der Waals surface area (Å²) in [6.45, 7) is 1.79. The molecule has 0 saturated heterocycles. The molecule has 16 heteroatoms. The van der Waals surface area contributed by atoms with E-state index < -0.39 is 45.9 Å². The number of amides is 1. The van der Waals surface area contributed by atoms with E-state index in [1.165, 1.54) is 16.6 Å². The molecule has 2 aliphatic rings. The number of nitrogens with one attached hydrogen (secondary N) is 2. The highest BCUT2D eigenvalue weighted by Crippen LogP contribution is 2.34. The number of anilines is 1. The van der Waals surface area contributed by atoms with Gasteiger partial charge in [-0.3, -0.25) is 19.2 Å². The van der Waals surface area contributed by atoms with E-state index in [1.54, 1.807) is 6.92 Å². The van der Waals surface area contributed by atoms with Crippen molar-refractivity contribution in [3.05, 3.63) is 46.5 Å². The Morgan fingerprint density at radius 2 is 2.03 bits per heavy atom. The molecule has 37 heavy (non-hydrogen) atoms. The number of benzene rings is 1. The molecule has 0 spiro atoms. The molecule has 0 saturated carbocycles. The van der Waals surface area contributed by atoms with Crippen molar-refractivity contribution < 1.29 is 40.7 Å². The fourth-order valence-corrected chi connectivity index (χ4v) is 4.86. The van der Waals surface area contributed by atoms with Crippen LogP contribution in [-0.2, 0) is 40.5 Å². The zero-order chi connectivity index (χ0) is 27.3. The van der Waals surface area contributed by atoms with Gasteiger partial charge in [-0.1, -0.05) is 0 Å². The SMILES string of the molecule is CC1Cc2nn3c(c2CN1C(O)Nc1ccc(F)c(C(F)(F)F)c1)C(=O)N(C)OC(CNS(C)(=O)=O)C3. The molecule has 3 N–H and O–H groups in total. The molecule has 1 amide bonds. The van der Waals surface area contributed by atoms with Crippen LogP contribution >= 0.6 is 0 Å². The number of halogens is 4. The largest absolute Gasteiger partial charge is 0.419 e. The standard InChI is InChI=1S/C21H26F4N6O5S/c1-11-6-17-14(10-30(11)20(33)27-12-4-5-16(22)15(7-12)21(23,24)25)18-19(32)29(2)36-13(9-31(18)28-17)8-26-37(3,34)35/h4-5,7,11,13,20,26-27,33H,6,8-10H2,1-3H3. The number of carbonyl (C=O) groups excluding carboxylic acids is 1. The second kappa shape index (κ2) is 9.83. The summed E-state index contributed by atoms with van der Waals surface area (Å²) in [5.74, 6) is -1.96. The molecule has 11 nitrogen and oxygen atoms in total. The molecule has 0 bridgehead atoms. The van der Waals surface area contributed by atoms with Crippen molar-refractivity contribution in [3.8, 4) is 0 Å². The van der Waals surface area contributed by atoms with Crippen LogP contribution in [0.15, 0.2) is 18.2 Å². The minimum absolute atomic E-state index is 0.0269. The van der Waals surface area contributed by atoms with Crippen LogP contribution in [0, 0.1) is 5.82 Å². The Morgan fingerprint density at radius 1 is 1.32 bits per heavy atom. The van der Waals surface area contributed by atoms with E-state index in [0.717, 1.165) is 17.4 Å². The quantitative estimate of drug-likeness (QED) is 0.361. The van der Waals surface area contributed by atoms with Crippen LogP contribution in [0.5, 0.6) is 0 Å². The first-order valence-corrected chi connectivity index (χ1v) is 13.1. The smallest absolute Gasteiger partial charge is 0.361 e. The number of rotatable bonds is 6. The number of hydroxylamine groups is 2. The van der Waals surface area contributed by atoms with E-state index in [2.05, 4.69) is 15.1 Å². The van der Waals surface area contributed by atoms with Gasteiger partial charge in [0.25, 0.3) is 5.91 Å². The molecular weight excluding hydrogens is 524 g/mol. The van der Waals surface area contributed by atoms with Crippen molar-refractivity contribution in [2.24, 2.45) is 0 Å². The molecule has 1 aromatic carbocycles. The first kappa shape index (κ1) is 27.3. The fraction of sp³-hybridized carbons (Fsp3) is 0.524. The Labute approximate surface area is 210 Å².